The fraction of sp³-hybridized carbons (Fsp3) is 0. The van der Waals surface area contributed by atoms with Gasteiger partial charge in [0, 0.05) is 10.9 Å². The highest BCUT2D eigenvalue weighted by molar-refractivity contribution is 6.08. The van der Waals surface area contributed by atoms with Crippen LogP contribution in [0.3, 0.4) is 0 Å². The van der Waals surface area contributed by atoms with E-state index in [0.717, 1.165) is 10.9 Å². The van der Waals surface area contributed by atoms with Crippen LogP contribution in [-0.4, -0.2) is 16.1 Å². The number of carbonyl (C=O) groups is 1. The lowest BCUT2D eigenvalue weighted by Crippen LogP contribution is -2.12. The first-order valence-electron chi connectivity index (χ1n) is 5.93. The molecule has 0 aliphatic carbocycles. The average Bonchev–Trinajstić information content (AvgIpc) is 2.91. The lowest BCUT2D eigenvalue weighted by atomic mass is 10.1. The molecule has 1 aromatic heterocycles. The van der Waals surface area contributed by atoms with Gasteiger partial charge in [-0.15, -0.1) is 0 Å². The molecule has 0 saturated heterocycles. The van der Waals surface area contributed by atoms with Crippen molar-refractivity contribution >= 4 is 28.2 Å². The second-order valence-electron chi connectivity index (χ2n) is 4.33. The summed E-state index contributed by atoms with van der Waals surface area (Å²) in [7, 11) is 0. The highest BCUT2D eigenvalue weighted by atomic mass is 19.1. The maximum Gasteiger partial charge on any atom is 0.255 e. The van der Waals surface area contributed by atoms with Gasteiger partial charge in [-0.05, 0) is 30.3 Å². The summed E-state index contributed by atoms with van der Waals surface area (Å²) in [6, 6.07) is 9.28. The molecule has 2 aromatic carbocycles. The van der Waals surface area contributed by atoms with Crippen LogP contribution < -0.4 is 11.1 Å². The molecule has 0 aliphatic heterocycles. The van der Waals surface area contributed by atoms with E-state index in [-0.39, 0.29) is 11.6 Å². The van der Waals surface area contributed by atoms with Gasteiger partial charge in [0.25, 0.3) is 5.91 Å². The van der Waals surface area contributed by atoms with Crippen molar-refractivity contribution in [1.82, 2.24) is 10.2 Å². The fourth-order valence-electron chi connectivity index (χ4n) is 1.96. The van der Waals surface area contributed by atoms with Crippen molar-refractivity contribution in [3.63, 3.8) is 0 Å². The Kier molecular flexibility index (Phi) is 2.83. The van der Waals surface area contributed by atoms with E-state index in [1.54, 1.807) is 18.3 Å². The van der Waals surface area contributed by atoms with Crippen LogP contribution in [0.4, 0.5) is 15.8 Å². The van der Waals surface area contributed by atoms with Crippen molar-refractivity contribution in [2.75, 3.05) is 11.1 Å². The molecule has 0 spiro atoms. The molecule has 0 atom stereocenters. The predicted molar refractivity (Wildman–Crippen MR) is 74.9 cm³/mol. The van der Waals surface area contributed by atoms with Gasteiger partial charge in [0.05, 0.1) is 23.1 Å². The summed E-state index contributed by atoms with van der Waals surface area (Å²) in [5.41, 5.74) is 7.14. The zero-order valence-corrected chi connectivity index (χ0v) is 10.4. The molecule has 100 valence electrons. The molecule has 0 radical (unpaired) electrons. The average molecular weight is 270 g/mol. The second kappa shape index (κ2) is 4.65. The Morgan fingerprint density at radius 3 is 2.95 bits per heavy atom. The number of aromatic amines is 1. The molecule has 0 bridgehead atoms. The third kappa shape index (κ3) is 2.07. The lowest BCUT2D eigenvalue weighted by Gasteiger charge is -2.07. The van der Waals surface area contributed by atoms with Crippen molar-refractivity contribution in [3.8, 4) is 0 Å². The molecule has 3 rings (SSSR count). The molecule has 0 unspecified atom stereocenters. The van der Waals surface area contributed by atoms with E-state index in [9.17, 15) is 9.18 Å². The molecule has 0 fully saturated rings. The van der Waals surface area contributed by atoms with Gasteiger partial charge in [-0.25, -0.2) is 4.39 Å². The number of amides is 1. The SMILES string of the molecule is Nc1cc(C(=O)Nc2cccc3[nH]ncc23)ccc1F. The maximum absolute atomic E-state index is 13.1. The van der Waals surface area contributed by atoms with Gasteiger partial charge in [-0.3, -0.25) is 9.89 Å². The van der Waals surface area contributed by atoms with Gasteiger partial charge in [0.2, 0.25) is 0 Å². The van der Waals surface area contributed by atoms with Crippen LogP contribution in [0.2, 0.25) is 0 Å². The fourth-order valence-corrected chi connectivity index (χ4v) is 1.96. The van der Waals surface area contributed by atoms with Gasteiger partial charge >= 0.3 is 0 Å². The molecule has 3 aromatic rings. The number of anilines is 2. The van der Waals surface area contributed by atoms with Crippen molar-refractivity contribution < 1.29 is 9.18 Å². The molecule has 6 heteroatoms. The Morgan fingerprint density at radius 1 is 1.30 bits per heavy atom. The maximum atomic E-state index is 13.1. The molecule has 0 aliphatic rings. The molecular formula is C14H11FN4O. The number of nitrogens with zero attached hydrogens (tertiary/aromatic N) is 1. The summed E-state index contributed by atoms with van der Waals surface area (Å²) in [5.74, 6) is -0.899. The number of aromatic nitrogens is 2. The van der Waals surface area contributed by atoms with Crippen LogP contribution in [0.25, 0.3) is 10.9 Å². The number of carbonyl (C=O) groups excluding carboxylic acids is 1. The number of nitrogens with two attached hydrogens (primary N) is 1. The summed E-state index contributed by atoms with van der Waals surface area (Å²) in [5, 5.41) is 10.3. The van der Waals surface area contributed by atoms with Crippen LogP contribution in [0.1, 0.15) is 10.4 Å². The first-order chi connectivity index (χ1) is 9.65. The molecule has 1 amide bonds. The van der Waals surface area contributed by atoms with Gasteiger partial charge in [0.1, 0.15) is 5.82 Å². The number of fused-ring (bicyclic) bond motifs is 1. The number of H-pyrrole nitrogens is 1. The lowest BCUT2D eigenvalue weighted by molar-refractivity contribution is 0.102. The zero-order chi connectivity index (χ0) is 14.1. The van der Waals surface area contributed by atoms with Crippen molar-refractivity contribution in [2.24, 2.45) is 0 Å². The Bertz CT molecular complexity index is 797. The monoisotopic (exact) mass is 270 g/mol. The standard InChI is InChI=1S/C14H11FN4O/c15-10-5-4-8(6-11(10)16)14(20)18-12-2-1-3-13-9(12)7-17-19-13/h1-7H,16H2,(H,17,19)(H,18,20). The largest absolute Gasteiger partial charge is 0.396 e. The number of benzene rings is 2. The molecule has 20 heavy (non-hydrogen) atoms. The number of rotatable bonds is 2. The zero-order valence-electron chi connectivity index (χ0n) is 10.4. The molecule has 5 nitrogen and oxygen atoms in total. The van der Waals surface area contributed by atoms with E-state index in [1.165, 1.54) is 18.2 Å². The van der Waals surface area contributed by atoms with E-state index in [2.05, 4.69) is 15.5 Å². The Hall–Kier alpha value is -2.89. The first kappa shape index (κ1) is 12.2. The van der Waals surface area contributed by atoms with Gasteiger partial charge in [-0.2, -0.15) is 5.10 Å². The Labute approximate surface area is 113 Å². The van der Waals surface area contributed by atoms with E-state index in [0.29, 0.717) is 11.3 Å². The summed E-state index contributed by atoms with van der Waals surface area (Å²) in [6.45, 7) is 0. The number of hydrogen-bond acceptors (Lipinski definition) is 3. The van der Waals surface area contributed by atoms with Crippen LogP contribution in [0.5, 0.6) is 0 Å². The summed E-state index contributed by atoms with van der Waals surface area (Å²) in [6.07, 6.45) is 1.63. The van der Waals surface area contributed by atoms with E-state index < -0.39 is 5.82 Å². The van der Waals surface area contributed by atoms with Crippen molar-refractivity contribution in [2.45, 2.75) is 0 Å². The highest BCUT2D eigenvalue weighted by Gasteiger charge is 2.10. The molecule has 4 N–H and O–H groups in total. The van der Waals surface area contributed by atoms with Crippen LogP contribution in [0.15, 0.2) is 42.6 Å². The van der Waals surface area contributed by atoms with Gasteiger partial charge < -0.3 is 11.1 Å². The summed E-state index contributed by atoms with van der Waals surface area (Å²) in [4.78, 5) is 12.1. The van der Waals surface area contributed by atoms with Crippen LogP contribution >= 0.6 is 0 Å². The van der Waals surface area contributed by atoms with Crippen molar-refractivity contribution in [1.29, 1.82) is 0 Å². The third-order valence-electron chi connectivity index (χ3n) is 2.99. The quantitative estimate of drug-likeness (QED) is 0.626. The van der Waals surface area contributed by atoms with Gasteiger partial charge in [0.15, 0.2) is 0 Å². The third-order valence-corrected chi connectivity index (χ3v) is 2.99. The second-order valence-corrected chi connectivity index (χ2v) is 4.33. The minimum atomic E-state index is -0.543. The topological polar surface area (TPSA) is 83.8 Å². The number of nitrogen functional groups attached to an aromatic ring is 1. The number of hydrogen-bond donors (Lipinski definition) is 3. The first-order valence-corrected chi connectivity index (χ1v) is 5.93. The number of halogens is 1. The Balaban J connectivity index is 1.92. The van der Waals surface area contributed by atoms with Crippen LogP contribution in [0, 0.1) is 5.82 Å². The molecule has 0 saturated carbocycles. The smallest absolute Gasteiger partial charge is 0.255 e. The molecular weight excluding hydrogens is 259 g/mol. The normalized spacial score (nSPS) is 10.7. The van der Waals surface area contributed by atoms with E-state index in [4.69, 9.17) is 5.73 Å². The predicted octanol–water partition coefficient (Wildman–Crippen LogP) is 2.54. The Morgan fingerprint density at radius 2 is 2.15 bits per heavy atom. The minimum Gasteiger partial charge on any atom is -0.396 e. The van der Waals surface area contributed by atoms with Crippen LogP contribution in [-0.2, 0) is 0 Å². The highest BCUT2D eigenvalue weighted by Crippen LogP contribution is 2.22. The van der Waals surface area contributed by atoms with Crippen molar-refractivity contribution in [3.05, 3.63) is 54.0 Å². The summed E-state index contributed by atoms with van der Waals surface area (Å²) >= 11 is 0. The van der Waals surface area contributed by atoms with E-state index in [1.807, 2.05) is 6.07 Å². The van der Waals surface area contributed by atoms with E-state index >= 15 is 0 Å². The minimum absolute atomic E-state index is 0.0563. The summed E-state index contributed by atoms with van der Waals surface area (Å²) < 4.78 is 13.1. The molecule has 1 heterocycles. The number of nitrogens with one attached hydrogen (secondary N) is 2. The van der Waals surface area contributed by atoms with Gasteiger partial charge in [-0.1, -0.05) is 6.07 Å².